The van der Waals surface area contributed by atoms with Crippen LogP contribution >= 0.6 is 0 Å². The van der Waals surface area contributed by atoms with Crippen molar-refractivity contribution in [3.63, 3.8) is 0 Å². The van der Waals surface area contributed by atoms with Crippen LogP contribution in [0.15, 0.2) is 97.2 Å². The molecule has 214 valence electrons. The highest BCUT2D eigenvalue weighted by molar-refractivity contribution is 6.03. The van der Waals surface area contributed by atoms with Gasteiger partial charge in [-0.05, 0) is 59.4 Å². The summed E-state index contributed by atoms with van der Waals surface area (Å²) in [7, 11) is 0. The van der Waals surface area contributed by atoms with Crippen LogP contribution in [0.4, 0.5) is 13.2 Å². The van der Waals surface area contributed by atoms with Crippen LogP contribution in [0.25, 0.3) is 33.2 Å². The zero-order valence-corrected chi connectivity index (χ0v) is 23.4. The third-order valence-corrected chi connectivity index (χ3v) is 7.06. The largest absolute Gasteiger partial charge is 0.489 e. The SMILES string of the molecule is CCOC(=O)Cc1cccc(COc2cccc(-c3c(-c4ccccc4CC)cnc4c(C(F)(F)F)cccc34)c2)c1. The molecule has 4 aromatic carbocycles. The van der Waals surface area contributed by atoms with Gasteiger partial charge in [0, 0.05) is 22.7 Å². The van der Waals surface area contributed by atoms with Crippen molar-refractivity contribution >= 4 is 16.9 Å². The number of fused-ring (bicyclic) bond motifs is 1. The van der Waals surface area contributed by atoms with Gasteiger partial charge in [0.05, 0.1) is 24.1 Å². The fourth-order valence-electron chi connectivity index (χ4n) is 5.17. The zero-order valence-electron chi connectivity index (χ0n) is 23.4. The van der Waals surface area contributed by atoms with E-state index < -0.39 is 11.7 Å². The number of rotatable bonds is 9. The molecule has 1 heterocycles. The van der Waals surface area contributed by atoms with Gasteiger partial charge in [0.1, 0.15) is 12.4 Å². The quantitative estimate of drug-likeness (QED) is 0.166. The van der Waals surface area contributed by atoms with E-state index in [4.69, 9.17) is 9.47 Å². The Labute approximate surface area is 242 Å². The Bertz CT molecular complexity index is 1730. The third kappa shape index (κ3) is 6.30. The molecule has 0 fully saturated rings. The number of carbonyl (C=O) groups is 1. The summed E-state index contributed by atoms with van der Waals surface area (Å²) in [6.45, 7) is 4.39. The first-order valence-corrected chi connectivity index (χ1v) is 13.8. The number of carbonyl (C=O) groups excluding carboxylic acids is 1. The van der Waals surface area contributed by atoms with Crippen LogP contribution in [0.5, 0.6) is 5.75 Å². The summed E-state index contributed by atoms with van der Waals surface area (Å²) in [6, 6.07) is 26.9. The first-order chi connectivity index (χ1) is 20.3. The number of ether oxygens (including phenoxy) is 2. The predicted molar refractivity (Wildman–Crippen MR) is 158 cm³/mol. The van der Waals surface area contributed by atoms with E-state index in [0.29, 0.717) is 23.3 Å². The second kappa shape index (κ2) is 12.5. The Morgan fingerprint density at radius 2 is 1.60 bits per heavy atom. The molecule has 0 atom stereocenters. The van der Waals surface area contributed by atoms with Crippen molar-refractivity contribution < 1.29 is 27.4 Å². The van der Waals surface area contributed by atoms with Crippen LogP contribution < -0.4 is 4.74 Å². The molecule has 0 saturated carbocycles. The smallest absolute Gasteiger partial charge is 0.418 e. The molecule has 0 saturated heterocycles. The number of hydrogen-bond donors (Lipinski definition) is 0. The molecule has 0 radical (unpaired) electrons. The molecule has 5 aromatic rings. The Morgan fingerprint density at radius 1 is 0.833 bits per heavy atom. The third-order valence-electron chi connectivity index (χ3n) is 7.06. The lowest BCUT2D eigenvalue weighted by Gasteiger charge is -2.18. The zero-order chi connectivity index (χ0) is 29.7. The normalized spacial score (nSPS) is 11.5. The van der Waals surface area contributed by atoms with Gasteiger partial charge in [-0.3, -0.25) is 9.78 Å². The van der Waals surface area contributed by atoms with Gasteiger partial charge in [-0.1, -0.05) is 79.7 Å². The number of para-hydroxylation sites is 1. The van der Waals surface area contributed by atoms with Gasteiger partial charge in [0.25, 0.3) is 0 Å². The monoisotopic (exact) mass is 569 g/mol. The van der Waals surface area contributed by atoms with E-state index in [0.717, 1.165) is 45.9 Å². The molecule has 0 aliphatic carbocycles. The molecular weight excluding hydrogens is 539 g/mol. The summed E-state index contributed by atoms with van der Waals surface area (Å²) in [4.78, 5) is 16.2. The molecule has 5 rings (SSSR count). The minimum atomic E-state index is -4.54. The van der Waals surface area contributed by atoms with Crippen molar-refractivity contribution in [3.05, 3.63) is 119 Å². The van der Waals surface area contributed by atoms with Gasteiger partial charge in [0.15, 0.2) is 0 Å². The molecule has 42 heavy (non-hydrogen) atoms. The van der Waals surface area contributed by atoms with E-state index in [1.165, 1.54) is 6.07 Å². The molecule has 0 N–H and O–H groups in total. The second-order valence-electron chi connectivity index (χ2n) is 9.88. The Hall–Kier alpha value is -4.65. The van der Waals surface area contributed by atoms with E-state index in [9.17, 15) is 18.0 Å². The van der Waals surface area contributed by atoms with Crippen LogP contribution in [-0.4, -0.2) is 17.6 Å². The van der Waals surface area contributed by atoms with Gasteiger partial charge < -0.3 is 9.47 Å². The number of hydrogen-bond acceptors (Lipinski definition) is 4. The van der Waals surface area contributed by atoms with Crippen molar-refractivity contribution in [3.8, 4) is 28.0 Å². The van der Waals surface area contributed by atoms with Gasteiger partial charge in [-0.2, -0.15) is 13.2 Å². The molecule has 0 aliphatic rings. The van der Waals surface area contributed by atoms with Crippen molar-refractivity contribution in [2.75, 3.05) is 6.61 Å². The number of nitrogens with zero attached hydrogens (tertiary/aromatic N) is 1. The lowest BCUT2D eigenvalue weighted by Crippen LogP contribution is -2.08. The molecule has 0 unspecified atom stereocenters. The fraction of sp³-hybridized carbons (Fsp3) is 0.200. The molecule has 1 aromatic heterocycles. The van der Waals surface area contributed by atoms with Gasteiger partial charge in [-0.15, -0.1) is 0 Å². The van der Waals surface area contributed by atoms with Crippen molar-refractivity contribution in [2.45, 2.75) is 39.5 Å². The van der Waals surface area contributed by atoms with Gasteiger partial charge in [-0.25, -0.2) is 0 Å². The topological polar surface area (TPSA) is 48.4 Å². The molecule has 0 aliphatic heterocycles. The van der Waals surface area contributed by atoms with Crippen LogP contribution in [0, 0.1) is 0 Å². The average Bonchev–Trinajstić information content (AvgIpc) is 2.99. The summed E-state index contributed by atoms with van der Waals surface area (Å²) in [6.07, 6.45) is -2.06. The van der Waals surface area contributed by atoms with E-state index in [1.54, 1.807) is 19.2 Å². The van der Waals surface area contributed by atoms with Crippen molar-refractivity contribution in [1.29, 1.82) is 0 Å². The maximum Gasteiger partial charge on any atom is 0.418 e. The summed E-state index contributed by atoms with van der Waals surface area (Å²) in [5, 5.41) is 0.414. The van der Waals surface area contributed by atoms with E-state index in [2.05, 4.69) is 4.98 Å². The summed E-state index contributed by atoms with van der Waals surface area (Å²) < 4.78 is 53.1. The summed E-state index contributed by atoms with van der Waals surface area (Å²) in [5.74, 6) is 0.275. The number of halogens is 3. The maximum atomic E-state index is 14.0. The minimum Gasteiger partial charge on any atom is -0.489 e. The maximum absolute atomic E-state index is 14.0. The van der Waals surface area contributed by atoms with Crippen LogP contribution in [-0.2, 0) is 35.2 Å². The number of benzene rings is 4. The fourth-order valence-corrected chi connectivity index (χ4v) is 5.17. The number of aryl methyl sites for hydroxylation is 1. The Kier molecular flexibility index (Phi) is 8.57. The van der Waals surface area contributed by atoms with Gasteiger partial charge >= 0.3 is 12.1 Å². The summed E-state index contributed by atoms with van der Waals surface area (Å²) in [5.41, 5.74) is 4.96. The molecule has 4 nitrogen and oxygen atoms in total. The molecule has 0 amide bonds. The summed E-state index contributed by atoms with van der Waals surface area (Å²) >= 11 is 0. The Morgan fingerprint density at radius 3 is 2.38 bits per heavy atom. The number of esters is 1. The highest BCUT2D eigenvalue weighted by Crippen LogP contribution is 2.42. The highest BCUT2D eigenvalue weighted by Gasteiger charge is 2.34. The van der Waals surface area contributed by atoms with Crippen LogP contribution in [0.3, 0.4) is 0 Å². The first kappa shape index (κ1) is 28.9. The van der Waals surface area contributed by atoms with Crippen LogP contribution in [0.2, 0.25) is 0 Å². The van der Waals surface area contributed by atoms with Crippen molar-refractivity contribution in [1.82, 2.24) is 4.98 Å². The average molecular weight is 570 g/mol. The predicted octanol–water partition coefficient (Wildman–Crippen LogP) is 8.83. The lowest BCUT2D eigenvalue weighted by molar-refractivity contribution is -0.142. The molecule has 0 spiro atoms. The molecule has 7 heteroatoms. The van der Waals surface area contributed by atoms with Crippen molar-refractivity contribution in [2.24, 2.45) is 0 Å². The van der Waals surface area contributed by atoms with E-state index in [-0.39, 0.29) is 24.5 Å². The first-order valence-electron chi connectivity index (χ1n) is 13.8. The van der Waals surface area contributed by atoms with E-state index in [1.807, 2.05) is 79.7 Å². The Balaban J connectivity index is 1.55. The number of alkyl halides is 3. The van der Waals surface area contributed by atoms with Crippen LogP contribution in [0.1, 0.15) is 36.1 Å². The number of pyridine rings is 1. The minimum absolute atomic E-state index is 0.0949. The standard InChI is InChI=1S/C35H30F3NO3/c1-3-25-12-5-6-15-28(25)30-21-39-34-29(16-9-17-31(34)35(36,37)38)33(30)26-13-8-14-27(20-26)42-22-24-11-7-10-23(18-24)19-32(40)41-4-2/h5-18,20-21H,3-4,19,22H2,1-2H3. The van der Waals surface area contributed by atoms with Gasteiger partial charge in [0.2, 0.25) is 0 Å². The van der Waals surface area contributed by atoms with E-state index >= 15 is 0 Å². The molecular formula is C35H30F3NO3. The lowest BCUT2D eigenvalue weighted by atomic mass is 9.89. The molecule has 0 bridgehead atoms. The second-order valence-corrected chi connectivity index (χ2v) is 9.88. The number of aromatic nitrogens is 1. The highest BCUT2D eigenvalue weighted by atomic mass is 19.4.